The van der Waals surface area contributed by atoms with Crippen LogP contribution in [0.4, 0.5) is 5.69 Å². The van der Waals surface area contributed by atoms with Gasteiger partial charge in [0, 0.05) is 17.1 Å². The van der Waals surface area contributed by atoms with Crippen molar-refractivity contribution in [3.63, 3.8) is 0 Å². The molecule has 0 spiro atoms. The number of rotatable bonds is 1. The van der Waals surface area contributed by atoms with E-state index in [0.717, 1.165) is 28.2 Å². The molecule has 17 heavy (non-hydrogen) atoms. The molecular formula is C14H17BrN2. The first-order valence-electron chi connectivity index (χ1n) is 6.08. The standard InChI is InChI=1S/C14H17BrN2/c1-10-5-6-17(11(2)7-10)14-4-3-13(15)8-12(14)9-16/h3-4,8,10-11H,5-7H2,1-2H3. The van der Waals surface area contributed by atoms with E-state index in [1.54, 1.807) is 0 Å². The van der Waals surface area contributed by atoms with Gasteiger partial charge in [-0.3, -0.25) is 0 Å². The Kier molecular flexibility index (Phi) is 3.73. The van der Waals surface area contributed by atoms with Gasteiger partial charge < -0.3 is 4.90 Å². The number of halogens is 1. The molecule has 0 saturated carbocycles. The molecule has 1 aromatic rings. The molecule has 3 heteroatoms. The number of benzene rings is 1. The topological polar surface area (TPSA) is 27.0 Å². The van der Waals surface area contributed by atoms with Crippen LogP contribution in [0.1, 0.15) is 32.3 Å². The number of nitrogens with zero attached hydrogens (tertiary/aromatic N) is 2. The summed E-state index contributed by atoms with van der Waals surface area (Å²) in [5.74, 6) is 0.794. The highest BCUT2D eigenvalue weighted by molar-refractivity contribution is 9.10. The fourth-order valence-electron chi connectivity index (χ4n) is 2.61. The summed E-state index contributed by atoms with van der Waals surface area (Å²) < 4.78 is 0.968. The first kappa shape index (κ1) is 12.4. The molecule has 0 aliphatic carbocycles. The molecule has 0 amide bonds. The van der Waals surface area contributed by atoms with Crippen molar-refractivity contribution in [1.29, 1.82) is 5.26 Å². The average molecular weight is 293 g/mol. The van der Waals surface area contributed by atoms with Crippen LogP contribution in [0.5, 0.6) is 0 Å². The van der Waals surface area contributed by atoms with Crippen molar-refractivity contribution in [2.45, 2.75) is 32.7 Å². The van der Waals surface area contributed by atoms with Crippen molar-refractivity contribution in [3.8, 4) is 6.07 Å². The van der Waals surface area contributed by atoms with Gasteiger partial charge in [0.2, 0.25) is 0 Å². The van der Waals surface area contributed by atoms with E-state index in [-0.39, 0.29) is 0 Å². The number of hydrogen-bond donors (Lipinski definition) is 0. The minimum atomic E-state index is 0.520. The Morgan fingerprint density at radius 1 is 1.41 bits per heavy atom. The second kappa shape index (κ2) is 5.10. The zero-order valence-electron chi connectivity index (χ0n) is 10.3. The van der Waals surface area contributed by atoms with E-state index in [2.05, 4.69) is 46.8 Å². The van der Waals surface area contributed by atoms with Crippen LogP contribution in [0.2, 0.25) is 0 Å². The van der Waals surface area contributed by atoms with E-state index in [4.69, 9.17) is 0 Å². The summed E-state index contributed by atoms with van der Waals surface area (Å²) in [6.45, 7) is 5.61. The maximum Gasteiger partial charge on any atom is 0.101 e. The molecule has 0 bridgehead atoms. The quantitative estimate of drug-likeness (QED) is 0.784. The number of hydrogen-bond acceptors (Lipinski definition) is 2. The fourth-order valence-corrected chi connectivity index (χ4v) is 2.97. The third kappa shape index (κ3) is 2.63. The summed E-state index contributed by atoms with van der Waals surface area (Å²) in [6, 6.07) is 8.78. The molecule has 1 fully saturated rings. The molecule has 1 aliphatic heterocycles. The molecular weight excluding hydrogens is 276 g/mol. The Morgan fingerprint density at radius 2 is 2.18 bits per heavy atom. The Bertz CT molecular complexity index is 450. The van der Waals surface area contributed by atoms with Crippen LogP contribution < -0.4 is 4.90 Å². The number of piperidine rings is 1. The molecule has 2 nitrogen and oxygen atoms in total. The summed E-state index contributed by atoms with van der Waals surface area (Å²) >= 11 is 3.42. The summed E-state index contributed by atoms with van der Waals surface area (Å²) in [7, 11) is 0. The van der Waals surface area contributed by atoms with E-state index < -0.39 is 0 Å². The van der Waals surface area contributed by atoms with Crippen molar-refractivity contribution in [1.82, 2.24) is 0 Å². The average Bonchev–Trinajstić information content (AvgIpc) is 2.30. The van der Waals surface area contributed by atoms with Crippen LogP contribution in [0.25, 0.3) is 0 Å². The van der Waals surface area contributed by atoms with Gasteiger partial charge in [-0.15, -0.1) is 0 Å². The van der Waals surface area contributed by atoms with Gasteiger partial charge in [-0.25, -0.2) is 0 Å². The van der Waals surface area contributed by atoms with Gasteiger partial charge in [-0.05, 0) is 43.9 Å². The van der Waals surface area contributed by atoms with Gasteiger partial charge >= 0.3 is 0 Å². The summed E-state index contributed by atoms with van der Waals surface area (Å²) in [6.07, 6.45) is 2.42. The fraction of sp³-hybridized carbons (Fsp3) is 0.500. The second-order valence-corrected chi connectivity index (χ2v) is 5.86. The van der Waals surface area contributed by atoms with Gasteiger partial charge in [0.25, 0.3) is 0 Å². The Balaban J connectivity index is 2.31. The normalized spacial score (nSPS) is 24.5. The molecule has 1 saturated heterocycles. The van der Waals surface area contributed by atoms with Crippen LogP contribution in [0.3, 0.4) is 0 Å². The zero-order chi connectivity index (χ0) is 12.4. The monoisotopic (exact) mass is 292 g/mol. The first-order chi connectivity index (χ1) is 8.11. The lowest BCUT2D eigenvalue weighted by molar-refractivity contribution is 0.378. The highest BCUT2D eigenvalue weighted by Gasteiger charge is 2.24. The minimum absolute atomic E-state index is 0.520. The summed E-state index contributed by atoms with van der Waals surface area (Å²) in [5.41, 5.74) is 1.84. The highest BCUT2D eigenvalue weighted by Crippen LogP contribution is 2.31. The van der Waals surface area contributed by atoms with E-state index >= 15 is 0 Å². The molecule has 0 aromatic heterocycles. The van der Waals surface area contributed by atoms with Gasteiger partial charge in [0.1, 0.15) is 6.07 Å². The SMILES string of the molecule is CC1CCN(c2ccc(Br)cc2C#N)C(C)C1. The van der Waals surface area contributed by atoms with Crippen molar-refractivity contribution < 1.29 is 0 Å². The van der Waals surface area contributed by atoms with Gasteiger partial charge in [-0.2, -0.15) is 5.26 Å². The molecule has 90 valence electrons. The Labute approximate surface area is 111 Å². The van der Waals surface area contributed by atoms with E-state index in [0.29, 0.717) is 6.04 Å². The van der Waals surface area contributed by atoms with Crippen LogP contribution in [0, 0.1) is 17.2 Å². The third-order valence-electron chi connectivity index (χ3n) is 3.53. The van der Waals surface area contributed by atoms with E-state index in [9.17, 15) is 5.26 Å². The van der Waals surface area contributed by atoms with Crippen LogP contribution >= 0.6 is 15.9 Å². The minimum Gasteiger partial charge on any atom is -0.368 e. The maximum atomic E-state index is 9.21. The maximum absolute atomic E-state index is 9.21. The molecule has 0 radical (unpaired) electrons. The largest absolute Gasteiger partial charge is 0.368 e. The van der Waals surface area contributed by atoms with Gasteiger partial charge in [0.15, 0.2) is 0 Å². The van der Waals surface area contributed by atoms with Crippen LogP contribution in [0.15, 0.2) is 22.7 Å². The predicted molar refractivity (Wildman–Crippen MR) is 74.1 cm³/mol. The smallest absolute Gasteiger partial charge is 0.101 e. The molecule has 0 N–H and O–H groups in total. The molecule has 1 heterocycles. The molecule has 2 unspecified atom stereocenters. The highest BCUT2D eigenvalue weighted by atomic mass is 79.9. The van der Waals surface area contributed by atoms with E-state index in [1.807, 2.05) is 12.1 Å². The molecule has 1 aromatic carbocycles. The summed E-state index contributed by atoms with van der Waals surface area (Å²) in [5, 5.41) is 9.21. The molecule has 2 rings (SSSR count). The Morgan fingerprint density at radius 3 is 2.82 bits per heavy atom. The Hall–Kier alpha value is -1.01. The van der Waals surface area contributed by atoms with Gasteiger partial charge in [0.05, 0.1) is 11.3 Å². The lowest BCUT2D eigenvalue weighted by Crippen LogP contribution is -2.40. The second-order valence-electron chi connectivity index (χ2n) is 4.95. The lowest BCUT2D eigenvalue weighted by Gasteiger charge is -2.38. The first-order valence-corrected chi connectivity index (χ1v) is 6.87. The van der Waals surface area contributed by atoms with Gasteiger partial charge in [-0.1, -0.05) is 22.9 Å². The zero-order valence-corrected chi connectivity index (χ0v) is 11.9. The van der Waals surface area contributed by atoms with Crippen molar-refractivity contribution in [2.24, 2.45) is 5.92 Å². The van der Waals surface area contributed by atoms with Crippen molar-refractivity contribution in [3.05, 3.63) is 28.2 Å². The summed E-state index contributed by atoms with van der Waals surface area (Å²) in [4.78, 5) is 2.37. The lowest BCUT2D eigenvalue weighted by atomic mass is 9.92. The van der Waals surface area contributed by atoms with Crippen molar-refractivity contribution >= 4 is 21.6 Å². The van der Waals surface area contributed by atoms with Crippen LogP contribution in [-0.2, 0) is 0 Å². The van der Waals surface area contributed by atoms with Crippen molar-refractivity contribution in [2.75, 3.05) is 11.4 Å². The third-order valence-corrected chi connectivity index (χ3v) is 4.02. The number of nitriles is 1. The molecule has 2 atom stereocenters. The van der Waals surface area contributed by atoms with Crippen LogP contribution in [-0.4, -0.2) is 12.6 Å². The predicted octanol–water partition coefficient (Wildman–Crippen LogP) is 3.95. The molecule has 1 aliphatic rings. The number of anilines is 1. The van der Waals surface area contributed by atoms with E-state index in [1.165, 1.54) is 12.8 Å².